The maximum Gasteiger partial charge on any atom is 1.00 e. The van der Waals surface area contributed by atoms with Crippen LogP contribution in [0.5, 0.6) is 0 Å². The molecule has 0 N–H and O–H groups in total. The van der Waals surface area contributed by atoms with Crippen LogP contribution in [0.2, 0.25) is 0 Å². The van der Waals surface area contributed by atoms with Crippen LogP contribution in [-0.4, -0.2) is 18.9 Å². The van der Waals surface area contributed by atoms with E-state index in [1.54, 1.807) is 0 Å². The van der Waals surface area contributed by atoms with E-state index >= 15 is 0 Å². The van der Waals surface area contributed by atoms with Gasteiger partial charge in [-0.25, -0.2) is 0 Å². The Morgan fingerprint density at radius 3 is 1.30 bits per heavy atom. The molecule has 1 saturated heterocycles. The third-order valence-electron chi connectivity index (χ3n) is 2.14. The van der Waals surface area contributed by atoms with Crippen molar-refractivity contribution < 1.29 is 67.5 Å². The first-order valence-electron chi connectivity index (χ1n) is 3.13. The van der Waals surface area contributed by atoms with E-state index in [4.69, 9.17) is 9.31 Å². The topological polar surface area (TPSA) is 18.5 Å². The van der Waals surface area contributed by atoms with Gasteiger partial charge >= 0.3 is 58.2 Å². The van der Waals surface area contributed by atoms with Gasteiger partial charge in [0.1, 0.15) is 0 Å². The molecule has 0 bridgehead atoms. The fourth-order valence-corrected chi connectivity index (χ4v) is 0.548. The molecule has 0 aromatic heterocycles. The maximum absolute atomic E-state index is 5.21. The first-order chi connectivity index (χ1) is 3.96. The Labute approximate surface area is 112 Å². The van der Waals surface area contributed by atoms with Gasteiger partial charge in [0.25, 0.3) is 0 Å². The van der Waals surface area contributed by atoms with Gasteiger partial charge in [-0.15, -0.1) is 0 Å². The van der Waals surface area contributed by atoms with Crippen LogP contribution < -0.4 is 58.2 Å². The summed E-state index contributed by atoms with van der Waals surface area (Å²) in [5.74, 6) is 0. The van der Waals surface area contributed by atoms with Gasteiger partial charge in [0.2, 0.25) is 0 Å². The zero-order valence-corrected chi connectivity index (χ0v) is 12.3. The van der Waals surface area contributed by atoms with E-state index in [0.29, 0.717) is 0 Å². The SMILES string of the molecule is CC1(C)O[B-]OC1(C)C.[Rb+]. The molecule has 0 aromatic carbocycles. The van der Waals surface area contributed by atoms with Crippen LogP contribution >= 0.6 is 0 Å². The van der Waals surface area contributed by atoms with E-state index in [-0.39, 0.29) is 69.4 Å². The molecule has 4 heteroatoms. The van der Waals surface area contributed by atoms with Gasteiger partial charge in [0, 0.05) is 11.2 Å². The van der Waals surface area contributed by atoms with Crippen molar-refractivity contribution in [3.05, 3.63) is 0 Å². The fraction of sp³-hybridized carbons (Fsp3) is 1.00. The summed E-state index contributed by atoms with van der Waals surface area (Å²) in [6.45, 7) is 8.04. The normalized spacial score (nSPS) is 27.6. The molecule has 1 heterocycles. The first-order valence-corrected chi connectivity index (χ1v) is 3.13. The Morgan fingerprint density at radius 1 is 0.900 bits per heavy atom. The molecule has 0 atom stereocenters. The van der Waals surface area contributed by atoms with Crippen molar-refractivity contribution in [1.82, 2.24) is 0 Å². The maximum atomic E-state index is 5.21. The summed E-state index contributed by atoms with van der Waals surface area (Å²) < 4.78 is 10.4. The Morgan fingerprint density at radius 2 is 1.20 bits per heavy atom. The second-order valence-corrected chi connectivity index (χ2v) is 3.35. The van der Waals surface area contributed by atoms with E-state index in [9.17, 15) is 0 Å². The predicted octanol–water partition coefficient (Wildman–Crippen LogP) is -1.87. The van der Waals surface area contributed by atoms with E-state index in [1.165, 1.54) is 7.69 Å². The number of hydrogen-bond donors (Lipinski definition) is 0. The Bertz CT molecular complexity index is 111. The molecule has 0 unspecified atom stereocenters. The number of hydrogen-bond acceptors (Lipinski definition) is 2. The molecule has 2 radical (unpaired) electrons. The smallest absolute Gasteiger partial charge is 0.620 e. The third kappa shape index (κ3) is 2.14. The monoisotopic (exact) mass is 212 g/mol. The largest absolute Gasteiger partial charge is 1.00 e. The van der Waals surface area contributed by atoms with Gasteiger partial charge in [-0.1, -0.05) is 0 Å². The molecule has 0 aromatic rings. The van der Waals surface area contributed by atoms with Crippen LogP contribution in [0.15, 0.2) is 0 Å². The number of rotatable bonds is 0. The molecule has 0 saturated carbocycles. The molecular weight excluding hydrogens is 200 g/mol. The summed E-state index contributed by atoms with van der Waals surface area (Å²) in [4.78, 5) is 0. The molecule has 10 heavy (non-hydrogen) atoms. The van der Waals surface area contributed by atoms with E-state index in [1.807, 2.05) is 27.7 Å². The molecule has 1 aliphatic rings. The second-order valence-electron chi connectivity index (χ2n) is 3.35. The van der Waals surface area contributed by atoms with Crippen LogP contribution in [0.1, 0.15) is 27.7 Å². The van der Waals surface area contributed by atoms with Crippen LogP contribution in [0.25, 0.3) is 0 Å². The van der Waals surface area contributed by atoms with Gasteiger partial charge in [-0.2, -0.15) is 0 Å². The zero-order valence-electron chi connectivity index (χ0n) is 7.39. The summed E-state index contributed by atoms with van der Waals surface area (Å²) in [5, 5.41) is 0. The minimum Gasteiger partial charge on any atom is -0.620 e. The minimum absolute atomic E-state index is 0. The van der Waals surface area contributed by atoms with Gasteiger partial charge in [0.05, 0.1) is 0 Å². The summed E-state index contributed by atoms with van der Waals surface area (Å²) >= 11 is 0. The van der Waals surface area contributed by atoms with Crippen molar-refractivity contribution in [2.45, 2.75) is 38.9 Å². The molecule has 0 amide bonds. The minimum atomic E-state index is -0.188. The van der Waals surface area contributed by atoms with Crippen molar-refractivity contribution in [1.29, 1.82) is 0 Å². The quantitative estimate of drug-likeness (QED) is 0.438. The van der Waals surface area contributed by atoms with E-state index < -0.39 is 0 Å². The molecule has 1 fully saturated rings. The average Bonchev–Trinajstić information content (AvgIpc) is 1.81. The average molecular weight is 212 g/mol. The fourth-order valence-electron chi connectivity index (χ4n) is 0.548. The summed E-state index contributed by atoms with van der Waals surface area (Å²) in [6.07, 6.45) is 0. The van der Waals surface area contributed by atoms with Gasteiger partial charge in [-0.05, 0) is 35.4 Å². The van der Waals surface area contributed by atoms with Gasteiger partial charge in [0.15, 0.2) is 0 Å². The molecule has 2 nitrogen and oxygen atoms in total. The van der Waals surface area contributed by atoms with Crippen molar-refractivity contribution >= 4 is 7.69 Å². The third-order valence-corrected chi connectivity index (χ3v) is 2.14. The summed E-state index contributed by atoms with van der Waals surface area (Å²) in [6, 6.07) is 0. The van der Waals surface area contributed by atoms with Crippen LogP contribution in [0.3, 0.4) is 0 Å². The van der Waals surface area contributed by atoms with E-state index in [0.717, 1.165) is 0 Å². The van der Waals surface area contributed by atoms with Crippen molar-refractivity contribution in [3.8, 4) is 0 Å². The Kier molecular flexibility index (Phi) is 4.33. The van der Waals surface area contributed by atoms with Crippen molar-refractivity contribution in [3.63, 3.8) is 0 Å². The molecule has 0 spiro atoms. The van der Waals surface area contributed by atoms with Crippen LogP contribution in [0.4, 0.5) is 0 Å². The predicted molar refractivity (Wildman–Crippen MR) is 36.1 cm³/mol. The Balaban J connectivity index is 0.000000810. The van der Waals surface area contributed by atoms with Gasteiger partial charge in [-0.3, -0.25) is 0 Å². The van der Waals surface area contributed by atoms with Crippen molar-refractivity contribution in [2.24, 2.45) is 0 Å². The second kappa shape index (κ2) is 3.67. The Hall–Kier alpha value is 1.79. The molecular formula is C6H12BO2Rb. The first kappa shape index (κ1) is 11.8. The van der Waals surface area contributed by atoms with Gasteiger partial charge < -0.3 is 9.31 Å². The zero-order chi connectivity index (χ0) is 7.12. The van der Waals surface area contributed by atoms with Crippen LogP contribution in [-0.2, 0) is 9.31 Å². The molecule has 0 aliphatic carbocycles. The summed E-state index contributed by atoms with van der Waals surface area (Å²) in [5.41, 5.74) is -0.375. The van der Waals surface area contributed by atoms with Crippen molar-refractivity contribution in [2.75, 3.05) is 0 Å². The molecule has 1 rings (SSSR count). The van der Waals surface area contributed by atoms with Crippen LogP contribution in [0, 0.1) is 0 Å². The molecule has 52 valence electrons. The molecule has 1 aliphatic heterocycles. The summed E-state index contributed by atoms with van der Waals surface area (Å²) in [7, 11) is 1.42. The standard InChI is InChI=1S/C6H12BO2.Rb/c1-5(2)6(3,4)9-7-8-5;/h1-4H3;/q-1;+1. The van der Waals surface area contributed by atoms with E-state index in [2.05, 4.69) is 0 Å².